The fourth-order valence-corrected chi connectivity index (χ4v) is 5.94. The van der Waals surface area contributed by atoms with Crippen LogP contribution in [0.15, 0.2) is 0 Å². The van der Waals surface area contributed by atoms with Gasteiger partial charge >= 0.3 is 0 Å². The van der Waals surface area contributed by atoms with Gasteiger partial charge in [0, 0.05) is 19.8 Å². The van der Waals surface area contributed by atoms with E-state index < -0.39 is 0 Å². The maximum absolute atomic E-state index is 6.78. The molecule has 1 aliphatic heterocycles. The van der Waals surface area contributed by atoms with Gasteiger partial charge in [0.05, 0.1) is 0 Å². The predicted octanol–water partition coefficient (Wildman–Crippen LogP) is 9.20. The van der Waals surface area contributed by atoms with Gasteiger partial charge in [-0.3, -0.25) is 0 Å². The van der Waals surface area contributed by atoms with Crippen molar-refractivity contribution in [3.8, 4) is 5.75 Å². The van der Waals surface area contributed by atoms with Gasteiger partial charge in [0.2, 0.25) is 0 Å². The predicted molar refractivity (Wildman–Crippen MR) is 147 cm³/mol. The van der Waals surface area contributed by atoms with Crippen molar-refractivity contribution in [1.82, 2.24) is 0 Å². The maximum atomic E-state index is 6.78. The molecular weight excluding hydrogens is 402 g/mol. The second-order valence-corrected chi connectivity index (χ2v) is 12.3. The Balaban J connectivity index is 1.80. The number of hydrogen-bond acceptors (Lipinski definition) is 2. The summed E-state index contributed by atoms with van der Waals surface area (Å²) in [6.07, 6.45) is 14.5. The fourth-order valence-electron chi connectivity index (χ4n) is 5.94. The number of ether oxygens (including phenoxy) is 1. The second-order valence-electron chi connectivity index (χ2n) is 12.3. The Kier molecular flexibility index (Phi) is 10.6. The number of rotatable bonds is 13. The van der Waals surface area contributed by atoms with Crippen molar-refractivity contribution >= 4 is 5.69 Å². The quantitative estimate of drug-likeness (QED) is 0.293. The molecule has 1 aromatic rings. The van der Waals surface area contributed by atoms with E-state index in [9.17, 15) is 0 Å². The first-order valence-corrected chi connectivity index (χ1v) is 13.9. The molecule has 0 amide bonds. The molecule has 0 saturated heterocycles. The van der Waals surface area contributed by atoms with Crippen LogP contribution in [0, 0.1) is 38.5 Å². The summed E-state index contributed by atoms with van der Waals surface area (Å²) in [6.45, 7) is 18.7. The molecule has 2 heteroatoms. The minimum Gasteiger partial charge on any atom is -0.487 e. The number of benzene rings is 1. The minimum absolute atomic E-state index is 0.0130. The van der Waals surface area contributed by atoms with Gasteiger partial charge in [-0.1, -0.05) is 72.6 Å². The topological polar surface area (TPSA) is 12.5 Å². The molecule has 0 saturated carbocycles. The number of fused-ring (bicyclic) bond motifs is 1. The van der Waals surface area contributed by atoms with Crippen molar-refractivity contribution in [3.63, 3.8) is 0 Å². The summed E-state index contributed by atoms with van der Waals surface area (Å²) in [5.74, 6) is 3.77. The molecular formula is C31H55NO. The number of hydrogen-bond donors (Lipinski definition) is 0. The highest BCUT2D eigenvalue weighted by molar-refractivity contribution is 5.68. The third kappa shape index (κ3) is 7.93. The van der Waals surface area contributed by atoms with E-state index in [0.717, 1.165) is 30.6 Å². The monoisotopic (exact) mass is 457 g/mol. The zero-order valence-electron chi connectivity index (χ0n) is 23.9. The first kappa shape index (κ1) is 28.1. The molecule has 0 spiro atoms. The Morgan fingerprint density at radius 2 is 1.33 bits per heavy atom. The Morgan fingerprint density at radius 3 is 1.88 bits per heavy atom. The first-order chi connectivity index (χ1) is 15.4. The van der Waals surface area contributed by atoms with Gasteiger partial charge in [-0.05, 0) is 93.4 Å². The molecule has 0 N–H and O–H groups in total. The van der Waals surface area contributed by atoms with Crippen LogP contribution in [0.2, 0.25) is 0 Å². The van der Waals surface area contributed by atoms with Crippen LogP contribution in [0.3, 0.4) is 0 Å². The number of nitrogens with zero attached hydrogens (tertiary/aromatic N) is 1. The van der Waals surface area contributed by atoms with E-state index in [1.807, 2.05) is 0 Å². The van der Waals surface area contributed by atoms with Crippen LogP contribution < -0.4 is 9.64 Å². The highest BCUT2D eigenvalue weighted by atomic mass is 16.5. The summed E-state index contributed by atoms with van der Waals surface area (Å²) in [5.41, 5.74) is 6.92. The van der Waals surface area contributed by atoms with Crippen molar-refractivity contribution < 1.29 is 4.74 Å². The van der Waals surface area contributed by atoms with Crippen LogP contribution in [-0.4, -0.2) is 19.7 Å². The molecule has 1 aromatic carbocycles. The van der Waals surface area contributed by atoms with Crippen LogP contribution in [0.25, 0.3) is 0 Å². The lowest BCUT2D eigenvalue weighted by atomic mass is 9.83. The van der Waals surface area contributed by atoms with E-state index in [-0.39, 0.29) is 5.60 Å². The standard InChI is InChI=1S/C31H55NO/c1-22(2)14-11-15-23(3)16-12-17-24(4)18-13-20-31(8)21-19-28-27(7)29(32(9)10)25(5)26(6)30(28)33-31/h22-24H,11-21H2,1-10H3/t23-,24-,31-/m1/s1. The van der Waals surface area contributed by atoms with Crippen molar-refractivity contribution in [1.29, 1.82) is 0 Å². The molecule has 33 heavy (non-hydrogen) atoms. The Labute approximate surface area is 206 Å². The molecule has 0 radical (unpaired) electrons. The summed E-state index contributed by atoms with van der Waals surface area (Å²) in [4.78, 5) is 2.26. The summed E-state index contributed by atoms with van der Waals surface area (Å²) < 4.78 is 6.78. The van der Waals surface area contributed by atoms with Crippen LogP contribution in [0.1, 0.15) is 121 Å². The lowest BCUT2D eigenvalue weighted by Crippen LogP contribution is -2.37. The van der Waals surface area contributed by atoms with Gasteiger partial charge in [0.25, 0.3) is 0 Å². The van der Waals surface area contributed by atoms with Gasteiger partial charge in [-0.25, -0.2) is 0 Å². The molecule has 0 aromatic heterocycles. The zero-order valence-corrected chi connectivity index (χ0v) is 23.9. The van der Waals surface area contributed by atoms with Crippen molar-refractivity contribution in [2.24, 2.45) is 17.8 Å². The van der Waals surface area contributed by atoms with Crippen LogP contribution in [0.4, 0.5) is 5.69 Å². The van der Waals surface area contributed by atoms with Gasteiger partial charge in [-0.15, -0.1) is 0 Å². The van der Waals surface area contributed by atoms with Crippen LogP contribution >= 0.6 is 0 Å². The highest BCUT2D eigenvalue weighted by Crippen LogP contribution is 2.44. The van der Waals surface area contributed by atoms with Gasteiger partial charge in [-0.2, -0.15) is 0 Å². The van der Waals surface area contributed by atoms with Gasteiger partial charge in [0.15, 0.2) is 0 Å². The summed E-state index contributed by atoms with van der Waals surface area (Å²) >= 11 is 0. The van der Waals surface area contributed by atoms with E-state index >= 15 is 0 Å². The summed E-state index contributed by atoms with van der Waals surface area (Å²) in [5, 5.41) is 0. The zero-order chi connectivity index (χ0) is 24.8. The first-order valence-electron chi connectivity index (χ1n) is 13.9. The normalized spacial score (nSPS) is 19.8. The van der Waals surface area contributed by atoms with Crippen LogP contribution in [0.5, 0.6) is 5.75 Å². The lowest BCUT2D eigenvalue weighted by Gasteiger charge is -2.39. The fraction of sp³-hybridized carbons (Fsp3) is 0.806. The average molecular weight is 458 g/mol. The van der Waals surface area contributed by atoms with E-state index in [2.05, 4.69) is 74.4 Å². The third-order valence-electron chi connectivity index (χ3n) is 8.31. The SMILES string of the molecule is Cc1c(C)c(N(C)C)c(C)c2c1O[C@](C)(CCC[C@H](C)CCC[C@H](C)CCCC(C)C)CC2. The minimum atomic E-state index is -0.0130. The van der Waals surface area contributed by atoms with Crippen molar-refractivity contribution in [2.75, 3.05) is 19.0 Å². The van der Waals surface area contributed by atoms with E-state index in [4.69, 9.17) is 4.74 Å². The summed E-state index contributed by atoms with van der Waals surface area (Å²) in [7, 11) is 4.31. The van der Waals surface area contributed by atoms with E-state index in [1.165, 1.54) is 91.5 Å². The molecule has 1 aliphatic rings. The number of anilines is 1. The molecule has 0 unspecified atom stereocenters. The molecule has 0 bridgehead atoms. The van der Waals surface area contributed by atoms with Crippen LogP contribution in [-0.2, 0) is 6.42 Å². The molecule has 190 valence electrons. The molecule has 0 aliphatic carbocycles. The van der Waals surface area contributed by atoms with E-state index in [1.54, 1.807) is 0 Å². The average Bonchev–Trinajstić information content (AvgIpc) is 2.71. The highest BCUT2D eigenvalue weighted by Gasteiger charge is 2.34. The molecule has 0 fully saturated rings. The van der Waals surface area contributed by atoms with E-state index in [0.29, 0.717) is 0 Å². The smallest absolute Gasteiger partial charge is 0.126 e. The molecule has 1 heterocycles. The summed E-state index contributed by atoms with van der Waals surface area (Å²) in [6, 6.07) is 0. The van der Waals surface area contributed by atoms with Gasteiger partial charge < -0.3 is 9.64 Å². The largest absolute Gasteiger partial charge is 0.487 e. The van der Waals surface area contributed by atoms with Crippen molar-refractivity contribution in [3.05, 3.63) is 22.3 Å². The van der Waals surface area contributed by atoms with Gasteiger partial charge in [0.1, 0.15) is 11.4 Å². The Hall–Kier alpha value is -1.18. The molecule has 2 nitrogen and oxygen atoms in total. The Bertz CT molecular complexity index is 750. The third-order valence-corrected chi connectivity index (χ3v) is 8.31. The van der Waals surface area contributed by atoms with Crippen molar-refractivity contribution in [2.45, 2.75) is 132 Å². The lowest BCUT2D eigenvalue weighted by molar-refractivity contribution is 0.0514. The Morgan fingerprint density at radius 1 is 0.788 bits per heavy atom. The molecule has 3 atom stereocenters. The molecule has 2 rings (SSSR count). The maximum Gasteiger partial charge on any atom is 0.126 e. The second kappa shape index (κ2) is 12.5.